The molecule has 8 nitrogen and oxygen atoms in total. The molecule has 6 rings (SSSR count). The van der Waals surface area contributed by atoms with Gasteiger partial charge in [0.1, 0.15) is 0 Å². The van der Waals surface area contributed by atoms with Crippen LogP contribution in [0.2, 0.25) is 0 Å². The molecule has 210 valence electrons. The summed E-state index contributed by atoms with van der Waals surface area (Å²) < 4.78 is 23.3. The van der Waals surface area contributed by atoms with Gasteiger partial charge in [-0.25, -0.2) is 9.59 Å². The molecule has 4 aromatic carbocycles. The molecule has 0 spiro atoms. The van der Waals surface area contributed by atoms with Crippen molar-refractivity contribution in [3.05, 3.63) is 111 Å². The maximum Gasteiger partial charge on any atom is 0.347 e. The first-order valence-electron chi connectivity index (χ1n) is 13.6. The van der Waals surface area contributed by atoms with Gasteiger partial charge in [-0.2, -0.15) is 0 Å². The molecule has 0 saturated heterocycles. The predicted octanol–water partition coefficient (Wildman–Crippen LogP) is 3.98. The molecule has 42 heavy (non-hydrogen) atoms. The number of ether oxygens (including phenoxy) is 4. The van der Waals surface area contributed by atoms with Crippen molar-refractivity contribution < 1.29 is 28.5 Å². The molecule has 0 atom stereocenters. The fourth-order valence-electron chi connectivity index (χ4n) is 5.25. The van der Waals surface area contributed by atoms with Gasteiger partial charge >= 0.3 is 11.9 Å². The van der Waals surface area contributed by atoms with Gasteiger partial charge in [-0.15, -0.1) is 0 Å². The third kappa shape index (κ3) is 4.66. The van der Waals surface area contributed by atoms with E-state index in [-0.39, 0.29) is 30.9 Å². The fraction of sp³-hybridized carbons (Fsp3) is 0.147. The molecule has 0 bridgehead atoms. The Balaban J connectivity index is 1.89. The minimum absolute atomic E-state index is 0.0228. The zero-order valence-corrected chi connectivity index (χ0v) is 23.1. The highest BCUT2D eigenvalue weighted by atomic mass is 16.7. The number of nitrogens with zero attached hydrogens (tertiary/aromatic N) is 1. The van der Waals surface area contributed by atoms with Crippen molar-refractivity contribution in [2.45, 2.75) is 13.8 Å². The van der Waals surface area contributed by atoms with Crippen LogP contribution in [0.1, 0.15) is 19.4 Å². The monoisotopic (exact) mass is 561 g/mol. The largest absolute Gasteiger partial charge is 0.462 e. The molecular weight excluding hydrogens is 534 g/mol. The summed E-state index contributed by atoms with van der Waals surface area (Å²) in [7, 11) is 0. The van der Waals surface area contributed by atoms with E-state index in [0.29, 0.717) is 38.7 Å². The Hall–Kier alpha value is -5.37. The molecule has 0 aliphatic carbocycles. The average Bonchev–Trinajstić information content (AvgIpc) is 3.47. The lowest BCUT2D eigenvalue weighted by Crippen LogP contribution is -2.47. The van der Waals surface area contributed by atoms with Gasteiger partial charge in [-0.05, 0) is 60.5 Å². The Morgan fingerprint density at radius 2 is 1.43 bits per heavy atom. The number of hydrogen-bond donors (Lipinski definition) is 0. The molecule has 0 saturated carbocycles. The van der Waals surface area contributed by atoms with E-state index in [0.717, 1.165) is 10.8 Å². The summed E-state index contributed by atoms with van der Waals surface area (Å²) in [6, 6.07) is 25.7. The lowest BCUT2D eigenvalue weighted by atomic mass is 10.0. The molecule has 1 aromatic heterocycles. The van der Waals surface area contributed by atoms with Gasteiger partial charge in [0.25, 0.3) is 5.56 Å². The highest BCUT2D eigenvalue weighted by Gasteiger charge is 2.27. The maximum atomic E-state index is 14.4. The van der Waals surface area contributed by atoms with Crippen LogP contribution in [-0.4, -0.2) is 36.5 Å². The quantitative estimate of drug-likeness (QED) is 0.229. The Labute approximate surface area is 240 Å². The lowest BCUT2D eigenvalue weighted by Gasteiger charge is -2.16. The van der Waals surface area contributed by atoms with E-state index >= 15 is 0 Å². The van der Waals surface area contributed by atoms with Gasteiger partial charge in [0, 0.05) is 16.0 Å². The Morgan fingerprint density at radius 3 is 2.17 bits per heavy atom. The number of aromatic nitrogens is 1. The van der Waals surface area contributed by atoms with Crippen LogP contribution in [0.3, 0.4) is 0 Å². The van der Waals surface area contributed by atoms with Gasteiger partial charge in [0.05, 0.1) is 24.3 Å². The fourth-order valence-corrected chi connectivity index (χ4v) is 5.25. The zero-order chi connectivity index (χ0) is 29.2. The van der Waals surface area contributed by atoms with Crippen LogP contribution in [0.15, 0.2) is 89.7 Å². The number of carbonyl (C=O) groups is 2. The summed E-state index contributed by atoms with van der Waals surface area (Å²) in [5.74, 6) is -0.597. The number of fused-ring (bicyclic) bond motifs is 3. The molecule has 0 unspecified atom stereocenters. The number of hydrogen-bond acceptors (Lipinski definition) is 7. The lowest BCUT2D eigenvalue weighted by molar-refractivity contribution is -0.142. The molecule has 1 aliphatic rings. The van der Waals surface area contributed by atoms with Crippen molar-refractivity contribution in [1.82, 2.24) is 4.57 Å². The van der Waals surface area contributed by atoms with E-state index in [2.05, 4.69) is 0 Å². The molecule has 5 aromatic rings. The van der Waals surface area contributed by atoms with Crippen molar-refractivity contribution in [2.24, 2.45) is 0 Å². The SMILES string of the molecule is CCOC(=O)C(C(=O)OCC)=c1c(=Cc2ccc3c(c2)OCO3)c2ccccc2c(=O)n1-c1cccc2ccccc12. The minimum Gasteiger partial charge on any atom is -0.462 e. The second-order valence-corrected chi connectivity index (χ2v) is 9.52. The second-order valence-electron chi connectivity index (χ2n) is 9.52. The topological polar surface area (TPSA) is 93.1 Å². The van der Waals surface area contributed by atoms with Crippen LogP contribution in [0.4, 0.5) is 0 Å². The molecule has 0 amide bonds. The van der Waals surface area contributed by atoms with Crippen molar-refractivity contribution in [1.29, 1.82) is 0 Å². The zero-order valence-electron chi connectivity index (χ0n) is 23.1. The molecular formula is C34H27NO7. The van der Waals surface area contributed by atoms with Gasteiger partial charge < -0.3 is 18.9 Å². The summed E-state index contributed by atoms with van der Waals surface area (Å²) in [4.78, 5) is 41.6. The summed E-state index contributed by atoms with van der Waals surface area (Å²) in [5.41, 5.74) is 0.443. The first-order chi connectivity index (χ1) is 20.5. The smallest absolute Gasteiger partial charge is 0.347 e. The third-order valence-electron chi connectivity index (χ3n) is 7.04. The number of esters is 2. The van der Waals surface area contributed by atoms with Crippen molar-refractivity contribution in [3.63, 3.8) is 0 Å². The van der Waals surface area contributed by atoms with Gasteiger partial charge in [-0.3, -0.25) is 9.36 Å². The van der Waals surface area contributed by atoms with Crippen LogP contribution in [-0.2, 0) is 19.1 Å². The van der Waals surface area contributed by atoms with Crippen LogP contribution in [0.5, 0.6) is 11.5 Å². The van der Waals surface area contributed by atoms with Crippen LogP contribution in [0, 0.1) is 0 Å². The van der Waals surface area contributed by atoms with Gasteiger partial charge in [0.2, 0.25) is 6.79 Å². The first-order valence-corrected chi connectivity index (χ1v) is 13.6. The van der Waals surface area contributed by atoms with Crippen molar-refractivity contribution >= 4 is 45.1 Å². The summed E-state index contributed by atoms with van der Waals surface area (Å²) >= 11 is 0. The van der Waals surface area contributed by atoms with E-state index in [1.165, 1.54) is 4.57 Å². The van der Waals surface area contributed by atoms with Gasteiger partial charge in [0.15, 0.2) is 17.1 Å². The van der Waals surface area contributed by atoms with E-state index in [1.807, 2.05) is 54.6 Å². The summed E-state index contributed by atoms with van der Waals surface area (Å²) in [6.45, 7) is 3.46. The Kier molecular flexibility index (Phi) is 7.19. The summed E-state index contributed by atoms with van der Waals surface area (Å²) in [5, 5.41) is 3.15. The third-order valence-corrected chi connectivity index (χ3v) is 7.04. The van der Waals surface area contributed by atoms with Crippen LogP contribution in [0.25, 0.3) is 38.9 Å². The van der Waals surface area contributed by atoms with Crippen LogP contribution >= 0.6 is 0 Å². The van der Waals surface area contributed by atoms with E-state index in [4.69, 9.17) is 18.9 Å². The second kappa shape index (κ2) is 11.2. The van der Waals surface area contributed by atoms with Gasteiger partial charge in [-0.1, -0.05) is 60.7 Å². The molecule has 8 heteroatoms. The maximum absolute atomic E-state index is 14.4. The highest BCUT2D eigenvalue weighted by molar-refractivity contribution is 6.36. The molecule has 0 radical (unpaired) electrons. The highest BCUT2D eigenvalue weighted by Crippen LogP contribution is 2.32. The Bertz CT molecular complexity index is 2030. The predicted molar refractivity (Wildman–Crippen MR) is 159 cm³/mol. The molecule has 0 fully saturated rings. The first kappa shape index (κ1) is 26.8. The summed E-state index contributed by atoms with van der Waals surface area (Å²) in [6.07, 6.45) is 1.82. The number of benzene rings is 4. The number of pyridine rings is 1. The van der Waals surface area contributed by atoms with E-state index in [9.17, 15) is 14.4 Å². The number of rotatable bonds is 6. The molecule has 0 N–H and O–H groups in total. The van der Waals surface area contributed by atoms with E-state index < -0.39 is 17.5 Å². The molecule has 1 aliphatic heterocycles. The normalized spacial score (nSPS) is 12.5. The minimum atomic E-state index is -0.889. The van der Waals surface area contributed by atoms with E-state index in [1.54, 1.807) is 50.2 Å². The standard InChI is InChI=1S/C34H27NO7/c1-3-39-33(37)30(34(38)40-4-2)31-26(18-21-16-17-28-29(19-21)42-20-41-28)24-13-7-8-14-25(24)32(36)35(31)27-15-9-11-22-10-5-6-12-23(22)27/h5-19H,3-4,20H2,1-2H3. The number of carbonyl (C=O) groups excluding carboxylic acids is 2. The Morgan fingerprint density at radius 1 is 0.786 bits per heavy atom. The molecule has 2 heterocycles. The average molecular weight is 562 g/mol. The van der Waals surface area contributed by atoms with Crippen molar-refractivity contribution in [3.8, 4) is 17.2 Å². The van der Waals surface area contributed by atoms with Crippen LogP contribution < -0.4 is 25.6 Å². The van der Waals surface area contributed by atoms with Crippen molar-refractivity contribution in [2.75, 3.05) is 20.0 Å².